The Labute approximate surface area is 91.7 Å². The maximum absolute atomic E-state index is 11.0. The number of rotatable bonds is 4. The number of likely N-dealkylation sites (N-methyl/N-ethyl adjacent to an activating group) is 1. The molecule has 1 rings (SSSR count). The van der Waals surface area contributed by atoms with Crippen LogP contribution in [0.1, 0.15) is 10.5 Å². The molecule has 0 fully saturated rings. The number of aromatic nitrogens is 2. The minimum Gasteiger partial charge on any atom is -0.480 e. The quantitative estimate of drug-likeness (QED) is 0.708. The number of ether oxygens (including phenoxy) is 1. The number of carboxylic acids is 1. The summed E-state index contributed by atoms with van der Waals surface area (Å²) in [5, 5.41) is 8.56. The average molecular weight is 225 g/mol. The van der Waals surface area contributed by atoms with Crippen molar-refractivity contribution in [1.29, 1.82) is 0 Å². The fourth-order valence-electron chi connectivity index (χ4n) is 1.01. The van der Waals surface area contributed by atoms with E-state index in [1.54, 1.807) is 7.05 Å². The van der Waals surface area contributed by atoms with Crippen molar-refractivity contribution in [1.82, 2.24) is 9.97 Å². The van der Waals surface area contributed by atoms with Crippen LogP contribution in [-0.4, -0.2) is 47.7 Å². The Morgan fingerprint density at radius 1 is 1.44 bits per heavy atom. The Balaban J connectivity index is 2.78. The Morgan fingerprint density at radius 3 is 2.56 bits per heavy atom. The molecule has 0 radical (unpaired) electrons. The van der Waals surface area contributed by atoms with E-state index < -0.39 is 11.9 Å². The topological polar surface area (TPSA) is 92.6 Å². The number of methoxy groups -OCH3 is 1. The van der Waals surface area contributed by atoms with Gasteiger partial charge < -0.3 is 14.7 Å². The molecule has 0 aliphatic heterocycles. The average Bonchev–Trinajstić information content (AvgIpc) is 2.27. The summed E-state index contributed by atoms with van der Waals surface area (Å²) in [4.78, 5) is 30.6. The number of nitrogens with zero attached hydrogens (tertiary/aromatic N) is 3. The summed E-state index contributed by atoms with van der Waals surface area (Å²) in [5.41, 5.74) is 0.0787. The summed E-state index contributed by atoms with van der Waals surface area (Å²) in [5.74, 6) is -1.18. The SMILES string of the molecule is COC(=O)c1cnc(N(C)CC(=O)O)cn1. The number of carbonyl (C=O) groups excluding carboxylic acids is 1. The third-order valence-electron chi connectivity index (χ3n) is 1.80. The molecule has 7 heteroatoms. The molecule has 16 heavy (non-hydrogen) atoms. The molecule has 0 bridgehead atoms. The molecule has 0 saturated carbocycles. The fourth-order valence-corrected chi connectivity index (χ4v) is 1.01. The zero-order valence-electron chi connectivity index (χ0n) is 8.88. The maximum Gasteiger partial charge on any atom is 0.358 e. The number of hydrogen-bond donors (Lipinski definition) is 1. The lowest BCUT2D eigenvalue weighted by Crippen LogP contribution is -2.26. The monoisotopic (exact) mass is 225 g/mol. The zero-order valence-corrected chi connectivity index (χ0v) is 8.88. The van der Waals surface area contributed by atoms with E-state index in [0.29, 0.717) is 5.82 Å². The van der Waals surface area contributed by atoms with Crippen molar-refractivity contribution in [3.05, 3.63) is 18.1 Å². The van der Waals surface area contributed by atoms with Crippen LogP contribution < -0.4 is 4.90 Å². The van der Waals surface area contributed by atoms with E-state index in [1.807, 2.05) is 0 Å². The first-order valence-corrected chi connectivity index (χ1v) is 4.38. The summed E-state index contributed by atoms with van der Waals surface area (Å²) in [6.45, 7) is -0.188. The van der Waals surface area contributed by atoms with E-state index in [9.17, 15) is 9.59 Å². The Morgan fingerprint density at radius 2 is 2.12 bits per heavy atom. The fraction of sp³-hybridized carbons (Fsp3) is 0.333. The van der Waals surface area contributed by atoms with Crippen molar-refractivity contribution in [3.8, 4) is 0 Å². The van der Waals surface area contributed by atoms with Crippen molar-refractivity contribution < 1.29 is 19.4 Å². The Bertz CT molecular complexity index is 390. The van der Waals surface area contributed by atoms with E-state index in [0.717, 1.165) is 0 Å². The van der Waals surface area contributed by atoms with Crippen LogP contribution in [0.15, 0.2) is 12.4 Å². The second-order valence-corrected chi connectivity index (χ2v) is 3.00. The highest BCUT2D eigenvalue weighted by atomic mass is 16.5. The number of hydrogen-bond acceptors (Lipinski definition) is 6. The number of anilines is 1. The lowest BCUT2D eigenvalue weighted by atomic mass is 10.4. The highest BCUT2D eigenvalue weighted by molar-refractivity contribution is 5.86. The molecule has 0 saturated heterocycles. The van der Waals surface area contributed by atoms with Crippen LogP contribution in [-0.2, 0) is 9.53 Å². The lowest BCUT2D eigenvalue weighted by Gasteiger charge is -2.14. The van der Waals surface area contributed by atoms with Gasteiger partial charge in [0, 0.05) is 7.05 Å². The van der Waals surface area contributed by atoms with Gasteiger partial charge in [-0.25, -0.2) is 14.8 Å². The van der Waals surface area contributed by atoms with Crippen LogP contribution in [0.4, 0.5) is 5.82 Å². The first-order chi connectivity index (χ1) is 7.54. The predicted octanol–water partition coefficient (Wildman–Crippen LogP) is -0.216. The maximum atomic E-state index is 11.0. The lowest BCUT2D eigenvalue weighted by molar-refractivity contribution is -0.135. The van der Waals surface area contributed by atoms with Gasteiger partial charge in [0.15, 0.2) is 5.69 Å². The van der Waals surface area contributed by atoms with Gasteiger partial charge >= 0.3 is 11.9 Å². The predicted molar refractivity (Wildman–Crippen MR) is 54.3 cm³/mol. The summed E-state index contributed by atoms with van der Waals surface area (Å²) in [6, 6.07) is 0. The van der Waals surface area contributed by atoms with Crippen molar-refractivity contribution in [2.24, 2.45) is 0 Å². The van der Waals surface area contributed by atoms with E-state index in [-0.39, 0.29) is 12.2 Å². The highest BCUT2D eigenvalue weighted by Gasteiger charge is 2.10. The molecule has 7 nitrogen and oxygen atoms in total. The first-order valence-electron chi connectivity index (χ1n) is 4.38. The van der Waals surface area contributed by atoms with Crippen molar-refractivity contribution in [2.45, 2.75) is 0 Å². The molecule has 1 aromatic heterocycles. The van der Waals surface area contributed by atoms with E-state index in [1.165, 1.54) is 24.4 Å². The number of carbonyl (C=O) groups is 2. The van der Waals surface area contributed by atoms with Gasteiger partial charge in [0.2, 0.25) is 0 Å². The van der Waals surface area contributed by atoms with Gasteiger partial charge in [-0.2, -0.15) is 0 Å². The van der Waals surface area contributed by atoms with Crippen LogP contribution in [0.3, 0.4) is 0 Å². The molecule has 0 aromatic carbocycles. The largest absolute Gasteiger partial charge is 0.480 e. The van der Waals surface area contributed by atoms with Gasteiger partial charge in [-0.15, -0.1) is 0 Å². The third kappa shape index (κ3) is 2.91. The van der Waals surface area contributed by atoms with Gasteiger partial charge in [0.05, 0.1) is 19.5 Å². The van der Waals surface area contributed by atoms with Gasteiger partial charge in [-0.05, 0) is 0 Å². The summed E-state index contributed by atoms with van der Waals surface area (Å²) in [6.07, 6.45) is 2.55. The van der Waals surface area contributed by atoms with Gasteiger partial charge in [-0.1, -0.05) is 0 Å². The van der Waals surface area contributed by atoms with Crippen molar-refractivity contribution in [2.75, 3.05) is 25.6 Å². The van der Waals surface area contributed by atoms with E-state index >= 15 is 0 Å². The second-order valence-electron chi connectivity index (χ2n) is 3.00. The highest BCUT2D eigenvalue weighted by Crippen LogP contribution is 2.06. The smallest absolute Gasteiger partial charge is 0.358 e. The van der Waals surface area contributed by atoms with Crippen molar-refractivity contribution >= 4 is 17.8 Å². The van der Waals surface area contributed by atoms with Crippen LogP contribution in [0.5, 0.6) is 0 Å². The van der Waals surface area contributed by atoms with Gasteiger partial charge in [0.1, 0.15) is 12.4 Å². The number of carboxylic acid groups (broad SMARTS) is 1. The molecule has 0 aliphatic carbocycles. The minimum absolute atomic E-state index is 0.0787. The Hall–Kier alpha value is -2.18. The molecule has 0 atom stereocenters. The van der Waals surface area contributed by atoms with Crippen LogP contribution >= 0.6 is 0 Å². The van der Waals surface area contributed by atoms with Crippen LogP contribution in [0.2, 0.25) is 0 Å². The molecular weight excluding hydrogens is 214 g/mol. The molecule has 0 aliphatic rings. The molecule has 1 heterocycles. The van der Waals surface area contributed by atoms with Crippen LogP contribution in [0, 0.1) is 0 Å². The minimum atomic E-state index is -0.971. The summed E-state index contributed by atoms with van der Waals surface area (Å²) in [7, 11) is 2.81. The van der Waals surface area contributed by atoms with Crippen molar-refractivity contribution in [3.63, 3.8) is 0 Å². The molecule has 86 valence electrons. The Kier molecular flexibility index (Phi) is 3.76. The van der Waals surface area contributed by atoms with Gasteiger partial charge in [-0.3, -0.25) is 4.79 Å². The standard InChI is InChI=1S/C9H11N3O4/c1-12(5-8(13)14)7-4-10-6(3-11-7)9(15)16-2/h3-4H,5H2,1-2H3,(H,13,14). The number of aliphatic carboxylic acids is 1. The first kappa shape index (κ1) is 11.9. The summed E-state index contributed by atoms with van der Waals surface area (Å²) >= 11 is 0. The molecule has 0 spiro atoms. The number of esters is 1. The molecule has 1 N–H and O–H groups in total. The van der Waals surface area contributed by atoms with E-state index in [4.69, 9.17) is 5.11 Å². The van der Waals surface area contributed by atoms with Crippen LogP contribution in [0.25, 0.3) is 0 Å². The van der Waals surface area contributed by atoms with E-state index in [2.05, 4.69) is 14.7 Å². The molecular formula is C9H11N3O4. The molecule has 0 unspecified atom stereocenters. The molecule has 1 aromatic rings. The normalized spacial score (nSPS) is 9.62. The summed E-state index contributed by atoms with van der Waals surface area (Å²) < 4.78 is 4.45. The molecule has 0 amide bonds. The second kappa shape index (κ2) is 5.06. The third-order valence-corrected chi connectivity index (χ3v) is 1.80. The van der Waals surface area contributed by atoms with Gasteiger partial charge in [0.25, 0.3) is 0 Å². The zero-order chi connectivity index (χ0) is 12.1.